The van der Waals surface area contributed by atoms with Gasteiger partial charge >= 0.3 is 11.9 Å². The lowest BCUT2D eigenvalue weighted by atomic mass is 9.98. The third-order valence-corrected chi connectivity index (χ3v) is 6.00. The Morgan fingerprint density at radius 1 is 1.06 bits per heavy atom. The summed E-state index contributed by atoms with van der Waals surface area (Å²) in [5.41, 5.74) is 4.10. The maximum absolute atomic E-state index is 12.2. The van der Waals surface area contributed by atoms with E-state index in [1.165, 1.54) is 7.11 Å². The fourth-order valence-corrected chi connectivity index (χ4v) is 4.30. The minimum absolute atomic E-state index is 0.132. The van der Waals surface area contributed by atoms with Gasteiger partial charge < -0.3 is 19.1 Å². The normalized spacial score (nSPS) is 16.1. The number of methoxy groups -OCH3 is 2. The summed E-state index contributed by atoms with van der Waals surface area (Å²) in [5, 5.41) is 0. The summed E-state index contributed by atoms with van der Waals surface area (Å²) in [4.78, 5) is 30.9. The summed E-state index contributed by atoms with van der Waals surface area (Å²) >= 11 is 0. The van der Waals surface area contributed by atoms with Crippen LogP contribution in [-0.4, -0.2) is 61.5 Å². The highest BCUT2D eigenvalue weighted by Gasteiger charge is 2.25. The summed E-state index contributed by atoms with van der Waals surface area (Å²) in [5.74, 6) is -0.576. The number of hydrogen-bond donors (Lipinski definition) is 0. The van der Waals surface area contributed by atoms with E-state index in [4.69, 9.17) is 14.2 Å². The highest BCUT2D eigenvalue weighted by molar-refractivity contribution is 5.94. The second kappa shape index (κ2) is 10.5. The van der Waals surface area contributed by atoms with Crippen LogP contribution in [0.4, 0.5) is 5.69 Å². The predicted octanol–water partition coefficient (Wildman–Crippen LogP) is 3.75. The van der Waals surface area contributed by atoms with Crippen LogP contribution in [-0.2, 0) is 19.0 Å². The van der Waals surface area contributed by atoms with Crippen LogP contribution in [0.1, 0.15) is 36.0 Å². The molecule has 0 radical (unpaired) electrons. The molecule has 0 spiro atoms. The number of imidazole rings is 1. The average Bonchev–Trinajstić information content (AvgIpc) is 3.28. The molecule has 3 aromatic rings. The summed E-state index contributed by atoms with van der Waals surface area (Å²) < 4.78 is 17.0. The lowest BCUT2D eigenvalue weighted by Crippen LogP contribution is -2.41. The Morgan fingerprint density at radius 3 is 2.73 bits per heavy atom. The van der Waals surface area contributed by atoms with Crippen molar-refractivity contribution in [2.24, 2.45) is 0 Å². The van der Waals surface area contributed by atoms with Gasteiger partial charge in [-0.1, -0.05) is 6.07 Å². The monoisotopic (exact) mass is 451 g/mol. The first kappa shape index (κ1) is 22.8. The molecule has 174 valence electrons. The van der Waals surface area contributed by atoms with E-state index < -0.39 is 5.97 Å². The molecule has 0 aliphatic carbocycles. The van der Waals surface area contributed by atoms with Crippen LogP contribution in [0.2, 0.25) is 0 Å². The van der Waals surface area contributed by atoms with Crippen LogP contribution < -0.4 is 4.90 Å². The summed E-state index contributed by atoms with van der Waals surface area (Å²) in [6, 6.07) is 13.7. The van der Waals surface area contributed by atoms with Crippen molar-refractivity contribution in [3.05, 3.63) is 54.4 Å². The van der Waals surface area contributed by atoms with Gasteiger partial charge in [0.2, 0.25) is 0 Å². The Labute approximate surface area is 193 Å². The molecule has 1 atom stereocenters. The summed E-state index contributed by atoms with van der Waals surface area (Å²) in [6.45, 7) is 1.48. The number of hydrogen-bond acceptors (Lipinski definition) is 7. The quantitative estimate of drug-likeness (QED) is 0.381. The third kappa shape index (κ3) is 5.17. The fraction of sp³-hybridized carbons (Fsp3) is 0.400. The fourth-order valence-electron chi connectivity index (χ4n) is 4.30. The average molecular weight is 452 g/mol. The van der Waals surface area contributed by atoms with E-state index in [2.05, 4.69) is 22.0 Å². The molecule has 1 unspecified atom stereocenters. The minimum Gasteiger partial charge on any atom is -0.469 e. The molecule has 1 aliphatic heterocycles. The largest absolute Gasteiger partial charge is 0.469 e. The SMILES string of the molecule is COCCOC(=O)c1ccc2c(c1)ncn2-c1cccc(N2CCCCC2CC(=O)OC)c1. The van der Waals surface area contributed by atoms with Gasteiger partial charge in [0.15, 0.2) is 0 Å². The number of anilines is 1. The molecule has 1 saturated heterocycles. The number of piperidine rings is 1. The Morgan fingerprint density at radius 2 is 1.91 bits per heavy atom. The Kier molecular flexibility index (Phi) is 7.24. The molecule has 8 heteroatoms. The van der Waals surface area contributed by atoms with Crippen LogP contribution >= 0.6 is 0 Å². The number of rotatable bonds is 8. The molecule has 33 heavy (non-hydrogen) atoms. The molecule has 0 saturated carbocycles. The van der Waals surface area contributed by atoms with Gasteiger partial charge in [-0.25, -0.2) is 9.78 Å². The number of aromatic nitrogens is 2. The van der Waals surface area contributed by atoms with Crippen molar-refractivity contribution in [1.29, 1.82) is 0 Å². The van der Waals surface area contributed by atoms with Gasteiger partial charge in [-0.3, -0.25) is 9.36 Å². The summed E-state index contributed by atoms with van der Waals surface area (Å²) in [7, 11) is 3.00. The summed E-state index contributed by atoms with van der Waals surface area (Å²) in [6.07, 6.45) is 5.32. The predicted molar refractivity (Wildman–Crippen MR) is 125 cm³/mol. The van der Waals surface area contributed by atoms with Crippen molar-refractivity contribution in [2.45, 2.75) is 31.7 Å². The zero-order chi connectivity index (χ0) is 23.2. The van der Waals surface area contributed by atoms with E-state index in [1.54, 1.807) is 25.6 Å². The first-order chi connectivity index (χ1) is 16.1. The van der Waals surface area contributed by atoms with E-state index in [0.717, 1.165) is 42.7 Å². The highest BCUT2D eigenvalue weighted by atomic mass is 16.6. The maximum Gasteiger partial charge on any atom is 0.338 e. The van der Waals surface area contributed by atoms with Gasteiger partial charge in [0, 0.05) is 31.1 Å². The van der Waals surface area contributed by atoms with E-state index in [9.17, 15) is 9.59 Å². The molecule has 8 nitrogen and oxygen atoms in total. The van der Waals surface area contributed by atoms with Gasteiger partial charge in [0.05, 0.1) is 36.7 Å². The second-order valence-corrected chi connectivity index (χ2v) is 8.09. The smallest absolute Gasteiger partial charge is 0.338 e. The topological polar surface area (TPSA) is 82.9 Å². The van der Waals surface area contributed by atoms with Gasteiger partial charge in [-0.15, -0.1) is 0 Å². The highest BCUT2D eigenvalue weighted by Crippen LogP contribution is 2.29. The molecule has 2 aromatic carbocycles. The number of benzene rings is 2. The molecule has 0 N–H and O–H groups in total. The van der Waals surface area contributed by atoms with Crippen LogP contribution in [0.15, 0.2) is 48.8 Å². The number of esters is 2. The molecule has 1 aromatic heterocycles. The number of nitrogens with zero attached hydrogens (tertiary/aromatic N) is 3. The van der Waals surface area contributed by atoms with Crippen molar-refractivity contribution < 1.29 is 23.8 Å². The molecular weight excluding hydrogens is 422 g/mol. The molecule has 0 amide bonds. The number of ether oxygens (including phenoxy) is 3. The van der Waals surface area contributed by atoms with Gasteiger partial charge in [0.25, 0.3) is 0 Å². The van der Waals surface area contributed by atoms with Crippen molar-refractivity contribution in [3.63, 3.8) is 0 Å². The van der Waals surface area contributed by atoms with Gasteiger partial charge in [0.1, 0.15) is 12.9 Å². The molecular formula is C25H29N3O5. The van der Waals surface area contributed by atoms with Crippen LogP contribution in [0.25, 0.3) is 16.7 Å². The van der Waals surface area contributed by atoms with E-state index >= 15 is 0 Å². The Hall–Kier alpha value is -3.39. The number of carbonyl (C=O) groups is 2. The van der Waals surface area contributed by atoms with Crippen molar-refractivity contribution >= 4 is 28.7 Å². The van der Waals surface area contributed by atoms with E-state index in [-0.39, 0.29) is 18.6 Å². The zero-order valence-corrected chi connectivity index (χ0v) is 19.0. The molecule has 2 heterocycles. The lowest BCUT2D eigenvalue weighted by Gasteiger charge is -2.37. The van der Waals surface area contributed by atoms with Gasteiger partial charge in [-0.2, -0.15) is 0 Å². The molecule has 1 aliphatic rings. The molecule has 0 bridgehead atoms. The minimum atomic E-state index is -0.396. The maximum atomic E-state index is 12.2. The first-order valence-electron chi connectivity index (χ1n) is 11.2. The second-order valence-electron chi connectivity index (χ2n) is 8.09. The lowest BCUT2D eigenvalue weighted by molar-refractivity contribution is -0.141. The van der Waals surface area contributed by atoms with E-state index in [0.29, 0.717) is 24.1 Å². The molecule has 4 rings (SSSR count). The first-order valence-corrected chi connectivity index (χ1v) is 11.2. The van der Waals surface area contributed by atoms with Crippen molar-refractivity contribution in [1.82, 2.24) is 9.55 Å². The molecule has 1 fully saturated rings. The zero-order valence-electron chi connectivity index (χ0n) is 19.0. The van der Waals surface area contributed by atoms with Gasteiger partial charge in [-0.05, 0) is 55.7 Å². The van der Waals surface area contributed by atoms with Crippen LogP contribution in [0, 0.1) is 0 Å². The van der Waals surface area contributed by atoms with E-state index in [1.807, 2.05) is 22.8 Å². The Balaban J connectivity index is 1.58. The number of carbonyl (C=O) groups excluding carboxylic acids is 2. The van der Waals surface area contributed by atoms with Crippen LogP contribution in [0.3, 0.4) is 0 Å². The van der Waals surface area contributed by atoms with Crippen LogP contribution in [0.5, 0.6) is 0 Å². The van der Waals surface area contributed by atoms with Crippen molar-refractivity contribution in [2.75, 3.05) is 38.9 Å². The number of fused-ring (bicyclic) bond motifs is 1. The van der Waals surface area contributed by atoms with Crippen molar-refractivity contribution in [3.8, 4) is 5.69 Å². The third-order valence-electron chi connectivity index (χ3n) is 6.00. The standard InChI is InChI=1S/C25H29N3O5/c1-31-12-13-33-25(30)18-9-10-23-22(14-18)26-17-28(23)20-8-5-7-19(15-20)27-11-4-3-6-21(27)16-24(29)32-2/h5,7-10,14-15,17,21H,3-4,6,11-13,16H2,1-2H3. The Bertz CT molecular complexity index is 1130.